The molecule has 100 valence electrons. The highest BCUT2D eigenvalue weighted by Crippen LogP contribution is 2.24. The second-order valence-corrected chi connectivity index (χ2v) is 4.79. The first-order valence-corrected chi connectivity index (χ1v) is 6.27. The smallest absolute Gasteiger partial charge is 0.258 e. The minimum Gasteiger partial charge on any atom is -0.258 e. The number of fused-ring (bicyclic) bond motifs is 1. The molecule has 0 unspecified atom stereocenters. The molecule has 20 heavy (non-hydrogen) atoms. The SMILES string of the molecule is Cc1ccc2c(c1)c(C)nn2-c1ccc([N+](=O)[O-])cc1. The normalized spacial score (nSPS) is 10.9. The van der Waals surface area contributed by atoms with Crippen LogP contribution in [0, 0.1) is 24.0 Å². The van der Waals surface area contributed by atoms with Gasteiger partial charge in [-0.25, -0.2) is 4.68 Å². The van der Waals surface area contributed by atoms with E-state index in [1.54, 1.807) is 12.1 Å². The second-order valence-electron chi connectivity index (χ2n) is 4.79. The van der Waals surface area contributed by atoms with E-state index in [0.29, 0.717) is 0 Å². The van der Waals surface area contributed by atoms with Gasteiger partial charge < -0.3 is 0 Å². The van der Waals surface area contributed by atoms with Gasteiger partial charge in [0.2, 0.25) is 0 Å². The largest absolute Gasteiger partial charge is 0.269 e. The lowest BCUT2D eigenvalue weighted by Gasteiger charge is -2.03. The number of aromatic nitrogens is 2. The zero-order chi connectivity index (χ0) is 14.3. The molecule has 0 saturated carbocycles. The van der Waals surface area contributed by atoms with Crippen LogP contribution < -0.4 is 0 Å². The van der Waals surface area contributed by atoms with E-state index in [4.69, 9.17) is 0 Å². The number of non-ortho nitro benzene ring substituents is 1. The lowest BCUT2D eigenvalue weighted by atomic mass is 10.1. The Kier molecular flexibility index (Phi) is 2.75. The fraction of sp³-hybridized carbons (Fsp3) is 0.133. The van der Waals surface area contributed by atoms with E-state index in [1.807, 2.05) is 30.7 Å². The van der Waals surface area contributed by atoms with Crippen molar-refractivity contribution in [1.29, 1.82) is 0 Å². The number of hydrogen-bond acceptors (Lipinski definition) is 3. The fourth-order valence-corrected chi connectivity index (χ4v) is 2.29. The molecule has 0 aliphatic carbocycles. The maximum absolute atomic E-state index is 10.7. The summed E-state index contributed by atoms with van der Waals surface area (Å²) in [6.45, 7) is 4.01. The van der Waals surface area contributed by atoms with Crippen LogP contribution in [-0.2, 0) is 0 Å². The number of hydrogen-bond donors (Lipinski definition) is 0. The van der Waals surface area contributed by atoms with Gasteiger partial charge >= 0.3 is 0 Å². The number of nitro groups is 1. The van der Waals surface area contributed by atoms with Crippen molar-refractivity contribution in [2.45, 2.75) is 13.8 Å². The Morgan fingerprint density at radius 3 is 2.45 bits per heavy atom. The zero-order valence-corrected chi connectivity index (χ0v) is 11.2. The van der Waals surface area contributed by atoms with Crippen LogP contribution in [0.1, 0.15) is 11.3 Å². The summed E-state index contributed by atoms with van der Waals surface area (Å²) in [6.07, 6.45) is 0. The minimum atomic E-state index is -0.403. The lowest BCUT2D eigenvalue weighted by Crippen LogP contribution is -1.97. The third-order valence-corrected chi connectivity index (χ3v) is 3.33. The van der Waals surface area contributed by atoms with Crippen molar-refractivity contribution < 1.29 is 4.92 Å². The van der Waals surface area contributed by atoms with Gasteiger partial charge in [-0.2, -0.15) is 5.10 Å². The van der Waals surface area contributed by atoms with Crippen LogP contribution in [0.25, 0.3) is 16.6 Å². The first kappa shape index (κ1) is 12.3. The van der Waals surface area contributed by atoms with E-state index >= 15 is 0 Å². The van der Waals surface area contributed by atoms with Crippen LogP contribution in [-0.4, -0.2) is 14.7 Å². The molecule has 1 heterocycles. The first-order valence-electron chi connectivity index (χ1n) is 6.27. The molecular formula is C15H13N3O2. The molecular weight excluding hydrogens is 254 g/mol. The third-order valence-electron chi connectivity index (χ3n) is 3.33. The topological polar surface area (TPSA) is 61.0 Å². The van der Waals surface area contributed by atoms with Crippen molar-refractivity contribution in [1.82, 2.24) is 9.78 Å². The Morgan fingerprint density at radius 1 is 1.10 bits per heavy atom. The average molecular weight is 267 g/mol. The predicted octanol–water partition coefficient (Wildman–Crippen LogP) is 3.55. The van der Waals surface area contributed by atoms with E-state index in [9.17, 15) is 10.1 Å². The molecule has 5 nitrogen and oxygen atoms in total. The predicted molar refractivity (Wildman–Crippen MR) is 77.2 cm³/mol. The quantitative estimate of drug-likeness (QED) is 0.527. The Balaban J connectivity index is 2.17. The van der Waals surface area contributed by atoms with Crippen LogP contribution in [0.4, 0.5) is 5.69 Å². The Bertz CT molecular complexity index is 804. The Labute approximate surface area is 115 Å². The molecule has 3 aromatic rings. The summed E-state index contributed by atoms with van der Waals surface area (Å²) < 4.78 is 1.81. The van der Waals surface area contributed by atoms with Gasteiger partial charge in [0.05, 0.1) is 21.8 Å². The lowest BCUT2D eigenvalue weighted by molar-refractivity contribution is -0.384. The molecule has 0 fully saturated rings. The number of nitrogens with zero attached hydrogens (tertiary/aromatic N) is 3. The van der Waals surface area contributed by atoms with E-state index in [0.717, 1.165) is 22.3 Å². The van der Waals surface area contributed by atoms with Gasteiger partial charge in [-0.3, -0.25) is 10.1 Å². The van der Waals surface area contributed by atoms with Crippen molar-refractivity contribution in [3.05, 3.63) is 63.8 Å². The van der Waals surface area contributed by atoms with Gasteiger partial charge in [0.25, 0.3) is 5.69 Å². The molecule has 0 bridgehead atoms. The van der Waals surface area contributed by atoms with Crippen molar-refractivity contribution in [3.8, 4) is 5.69 Å². The van der Waals surface area contributed by atoms with Crippen LogP contribution in [0.5, 0.6) is 0 Å². The fourth-order valence-electron chi connectivity index (χ4n) is 2.29. The van der Waals surface area contributed by atoms with Gasteiger partial charge in [-0.05, 0) is 38.1 Å². The average Bonchev–Trinajstić information content (AvgIpc) is 2.76. The standard InChI is InChI=1S/C15H13N3O2/c1-10-3-8-15-14(9-10)11(2)16-17(15)12-4-6-13(7-5-12)18(19)20/h3-9H,1-2H3. The molecule has 0 aliphatic heterocycles. The summed E-state index contributed by atoms with van der Waals surface area (Å²) in [7, 11) is 0. The summed E-state index contributed by atoms with van der Waals surface area (Å²) in [6, 6.07) is 12.6. The number of benzene rings is 2. The van der Waals surface area contributed by atoms with Gasteiger partial charge in [0, 0.05) is 17.5 Å². The number of nitro benzene ring substituents is 1. The molecule has 0 amide bonds. The monoisotopic (exact) mass is 267 g/mol. The van der Waals surface area contributed by atoms with E-state index < -0.39 is 4.92 Å². The van der Waals surface area contributed by atoms with E-state index in [-0.39, 0.29) is 5.69 Å². The first-order chi connectivity index (χ1) is 9.56. The minimum absolute atomic E-state index is 0.0813. The van der Waals surface area contributed by atoms with Gasteiger partial charge in [-0.1, -0.05) is 11.6 Å². The molecule has 0 radical (unpaired) electrons. The highest BCUT2D eigenvalue weighted by Gasteiger charge is 2.10. The molecule has 0 aliphatic rings. The van der Waals surface area contributed by atoms with Crippen molar-refractivity contribution in [3.63, 3.8) is 0 Å². The highest BCUT2D eigenvalue weighted by molar-refractivity contribution is 5.84. The molecule has 0 atom stereocenters. The van der Waals surface area contributed by atoms with Crippen molar-refractivity contribution in [2.24, 2.45) is 0 Å². The molecule has 0 spiro atoms. The third kappa shape index (κ3) is 1.93. The molecule has 5 heteroatoms. The zero-order valence-electron chi connectivity index (χ0n) is 11.2. The van der Waals surface area contributed by atoms with Crippen LogP contribution in [0.15, 0.2) is 42.5 Å². The second kappa shape index (κ2) is 4.45. The molecule has 0 N–H and O–H groups in total. The molecule has 0 saturated heterocycles. The van der Waals surface area contributed by atoms with Crippen LogP contribution >= 0.6 is 0 Å². The molecule has 1 aromatic heterocycles. The summed E-state index contributed by atoms with van der Waals surface area (Å²) >= 11 is 0. The maximum atomic E-state index is 10.7. The van der Waals surface area contributed by atoms with E-state index in [1.165, 1.54) is 17.7 Å². The summed E-state index contributed by atoms with van der Waals surface area (Å²) in [5.74, 6) is 0. The Hall–Kier alpha value is -2.69. The van der Waals surface area contributed by atoms with Crippen molar-refractivity contribution in [2.75, 3.05) is 0 Å². The van der Waals surface area contributed by atoms with Crippen LogP contribution in [0.2, 0.25) is 0 Å². The Morgan fingerprint density at radius 2 is 1.80 bits per heavy atom. The summed E-state index contributed by atoms with van der Waals surface area (Å²) in [4.78, 5) is 10.3. The van der Waals surface area contributed by atoms with Gasteiger partial charge in [0.1, 0.15) is 0 Å². The van der Waals surface area contributed by atoms with E-state index in [2.05, 4.69) is 11.2 Å². The molecule has 2 aromatic carbocycles. The molecule has 3 rings (SSSR count). The highest BCUT2D eigenvalue weighted by atomic mass is 16.6. The summed E-state index contributed by atoms with van der Waals surface area (Å²) in [5, 5.41) is 16.3. The van der Waals surface area contributed by atoms with Crippen molar-refractivity contribution >= 4 is 16.6 Å². The van der Waals surface area contributed by atoms with Gasteiger partial charge in [0.15, 0.2) is 0 Å². The van der Waals surface area contributed by atoms with Crippen LogP contribution in [0.3, 0.4) is 0 Å². The number of rotatable bonds is 2. The van der Waals surface area contributed by atoms with Gasteiger partial charge in [-0.15, -0.1) is 0 Å². The maximum Gasteiger partial charge on any atom is 0.269 e. The summed E-state index contributed by atoms with van der Waals surface area (Å²) in [5.41, 5.74) is 4.03. The number of aryl methyl sites for hydroxylation is 2.